The molecule has 0 amide bonds. The van der Waals surface area contributed by atoms with Crippen molar-refractivity contribution in [1.29, 1.82) is 5.26 Å². The molecule has 164 valence electrons. The predicted octanol–water partition coefficient (Wildman–Crippen LogP) is 4.16. The molecule has 0 saturated carbocycles. The van der Waals surface area contributed by atoms with Crippen molar-refractivity contribution in [3.63, 3.8) is 0 Å². The molecule has 0 atom stereocenters. The van der Waals surface area contributed by atoms with E-state index < -0.39 is 16.4 Å². The normalized spacial score (nSPS) is 12.2. The minimum Gasteiger partial charge on any atom is -0.494 e. The van der Waals surface area contributed by atoms with Crippen LogP contribution in [0.3, 0.4) is 0 Å². The fraction of sp³-hybridized carbons (Fsp3) is 0.136. The molecule has 2 aromatic heterocycles. The molecule has 33 heavy (non-hydrogen) atoms. The number of nitrogens with zero attached hydrogens (tertiary/aromatic N) is 5. The lowest BCUT2D eigenvalue weighted by Crippen LogP contribution is -2.12. The number of para-hydroxylation sites is 1. The van der Waals surface area contributed by atoms with Crippen molar-refractivity contribution < 1.29 is 18.8 Å². The minimum atomic E-state index is -1.03. The highest BCUT2D eigenvalue weighted by Gasteiger charge is 2.22. The molecule has 2 aromatic carbocycles. The first kappa shape index (κ1) is 20.2. The monoisotopic (exact) mass is 446 g/mol. The molecular weight excluding hydrogens is 431 g/mol. The zero-order chi connectivity index (χ0) is 23.1. The van der Waals surface area contributed by atoms with E-state index in [4.69, 9.17) is 9.47 Å². The molecule has 0 saturated heterocycles. The van der Waals surface area contributed by atoms with Gasteiger partial charge in [-0.15, -0.1) is 0 Å². The quantitative estimate of drug-likeness (QED) is 0.357. The zero-order valence-electron chi connectivity index (χ0n) is 17.2. The highest BCUT2D eigenvalue weighted by atomic mass is 19.1. The van der Waals surface area contributed by atoms with Crippen molar-refractivity contribution in [3.05, 3.63) is 64.2 Å². The molecule has 1 N–H and O–H groups in total. The van der Waals surface area contributed by atoms with Gasteiger partial charge in [0.1, 0.15) is 24.2 Å². The molecule has 3 heterocycles. The SMILES string of the molecule is COc1cc(F)c([N+](=O)[O-])cc1Nc1ncc(C#N)c(-c2cn3c4c(cccc24)OCC3)n1. The van der Waals surface area contributed by atoms with Crippen LogP contribution in [0.25, 0.3) is 22.2 Å². The molecule has 0 radical (unpaired) electrons. The summed E-state index contributed by atoms with van der Waals surface area (Å²) in [4.78, 5) is 19.0. The molecule has 0 bridgehead atoms. The molecule has 0 unspecified atom stereocenters. The Morgan fingerprint density at radius 3 is 3.00 bits per heavy atom. The molecule has 4 aromatic rings. The molecule has 1 aliphatic heterocycles. The van der Waals surface area contributed by atoms with E-state index in [2.05, 4.69) is 21.4 Å². The number of ether oxygens (including phenoxy) is 2. The molecule has 0 fully saturated rings. The Bertz CT molecular complexity index is 1480. The van der Waals surface area contributed by atoms with Gasteiger partial charge in [0.05, 0.1) is 47.2 Å². The number of hydrogen-bond donors (Lipinski definition) is 1. The summed E-state index contributed by atoms with van der Waals surface area (Å²) in [5.74, 6) is -0.178. The first-order chi connectivity index (χ1) is 16.0. The minimum absolute atomic E-state index is 0.0388. The van der Waals surface area contributed by atoms with Gasteiger partial charge in [0.2, 0.25) is 11.8 Å². The molecule has 0 aliphatic carbocycles. The van der Waals surface area contributed by atoms with Crippen LogP contribution in [0.15, 0.2) is 42.7 Å². The number of anilines is 2. The third-order valence-corrected chi connectivity index (χ3v) is 5.33. The number of aromatic nitrogens is 3. The topological polar surface area (TPSA) is 128 Å². The van der Waals surface area contributed by atoms with Gasteiger partial charge < -0.3 is 19.4 Å². The summed E-state index contributed by atoms with van der Waals surface area (Å²) in [5, 5.41) is 24.5. The average molecular weight is 446 g/mol. The fourth-order valence-corrected chi connectivity index (χ4v) is 3.86. The summed E-state index contributed by atoms with van der Waals surface area (Å²) in [7, 11) is 1.31. The van der Waals surface area contributed by atoms with Crippen molar-refractivity contribution in [2.24, 2.45) is 0 Å². The van der Waals surface area contributed by atoms with E-state index in [1.807, 2.05) is 29.0 Å². The van der Waals surface area contributed by atoms with E-state index in [1.54, 1.807) is 0 Å². The highest BCUT2D eigenvalue weighted by Crippen LogP contribution is 2.38. The van der Waals surface area contributed by atoms with Crippen LogP contribution in [0.2, 0.25) is 0 Å². The lowest BCUT2D eigenvalue weighted by molar-refractivity contribution is -0.387. The number of hydrogen-bond acceptors (Lipinski definition) is 8. The van der Waals surface area contributed by atoms with Crippen LogP contribution in [-0.4, -0.2) is 33.2 Å². The average Bonchev–Trinajstić information content (AvgIpc) is 3.20. The van der Waals surface area contributed by atoms with Gasteiger partial charge >= 0.3 is 5.69 Å². The molecule has 11 heteroatoms. The van der Waals surface area contributed by atoms with E-state index in [1.165, 1.54) is 13.3 Å². The lowest BCUT2D eigenvalue weighted by Gasteiger charge is -2.16. The summed E-state index contributed by atoms with van der Waals surface area (Å²) >= 11 is 0. The third-order valence-electron chi connectivity index (χ3n) is 5.33. The number of rotatable bonds is 5. The number of nitriles is 1. The van der Waals surface area contributed by atoms with Crippen LogP contribution in [0.1, 0.15) is 5.56 Å². The van der Waals surface area contributed by atoms with Crippen LogP contribution in [-0.2, 0) is 6.54 Å². The summed E-state index contributed by atoms with van der Waals surface area (Å²) in [5.41, 5.74) is 1.65. The molecule has 1 aliphatic rings. The van der Waals surface area contributed by atoms with Crippen LogP contribution >= 0.6 is 0 Å². The molecule has 5 rings (SSSR count). The van der Waals surface area contributed by atoms with Crippen molar-refractivity contribution in [3.8, 4) is 28.8 Å². The van der Waals surface area contributed by atoms with Gasteiger partial charge in [0.25, 0.3) is 0 Å². The van der Waals surface area contributed by atoms with Crippen molar-refractivity contribution >= 4 is 28.2 Å². The van der Waals surface area contributed by atoms with Gasteiger partial charge in [0.15, 0.2) is 0 Å². The Kier molecular flexibility index (Phi) is 4.75. The van der Waals surface area contributed by atoms with Crippen molar-refractivity contribution in [2.45, 2.75) is 6.54 Å². The highest BCUT2D eigenvalue weighted by molar-refractivity contribution is 5.99. The van der Waals surface area contributed by atoms with Crippen LogP contribution < -0.4 is 14.8 Å². The number of halogens is 1. The first-order valence-corrected chi connectivity index (χ1v) is 9.81. The second-order valence-electron chi connectivity index (χ2n) is 7.19. The Labute approximate surface area is 186 Å². The largest absolute Gasteiger partial charge is 0.494 e. The molecule has 0 spiro atoms. The summed E-state index contributed by atoms with van der Waals surface area (Å²) in [6, 6.07) is 9.69. The van der Waals surface area contributed by atoms with E-state index in [9.17, 15) is 19.8 Å². The van der Waals surface area contributed by atoms with E-state index in [0.717, 1.165) is 34.3 Å². The second kappa shape index (κ2) is 7.76. The van der Waals surface area contributed by atoms with Gasteiger partial charge in [0, 0.05) is 29.3 Å². The smallest absolute Gasteiger partial charge is 0.307 e. The maximum Gasteiger partial charge on any atom is 0.307 e. The van der Waals surface area contributed by atoms with E-state index >= 15 is 0 Å². The number of nitro groups is 1. The second-order valence-corrected chi connectivity index (χ2v) is 7.19. The van der Waals surface area contributed by atoms with Gasteiger partial charge in [-0.3, -0.25) is 10.1 Å². The lowest BCUT2D eigenvalue weighted by atomic mass is 10.1. The maximum atomic E-state index is 14.0. The van der Waals surface area contributed by atoms with Crippen LogP contribution in [0.5, 0.6) is 11.5 Å². The molecular formula is C22H15FN6O4. The standard InChI is InChI=1S/C22H15FN6O4/c1-32-19-7-15(23)17(29(30)31)8-16(19)26-22-25-10-12(9-24)20(27-22)14-11-28-5-6-33-18-4-2-3-13(14)21(18)28/h2-4,7-8,10-11H,5-6H2,1H3,(H,25,26,27). The van der Waals surface area contributed by atoms with Gasteiger partial charge in [-0.2, -0.15) is 9.65 Å². The Balaban J connectivity index is 1.63. The Hall–Kier alpha value is -4.72. The number of nitro benzene ring substituents is 1. The Morgan fingerprint density at radius 2 is 2.24 bits per heavy atom. The number of methoxy groups -OCH3 is 1. The van der Waals surface area contributed by atoms with Gasteiger partial charge in [-0.05, 0) is 6.07 Å². The third kappa shape index (κ3) is 3.34. The van der Waals surface area contributed by atoms with Gasteiger partial charge in [-0.25, -0.2) is 9.97 Å². The van der Waals surface area contributed by atoms with E-state index in [-0.39, 0.29) is 22.9 Å². The maximum absolute atomic E-state index is 14.0. The zero-order valence-corrected chi connectivity index (χ0v) is 17.2. The van der Waals surface area contributed by atoms with Crippen LogP contribution in [0, 0.1) is 27.3 Å². The summed E-state index contributed by atoms with van der Waals surface area (Å²) < 4.78 is 26.9. The Morgan fingerprint density at radius 1 is 1.39 bits per heavy atom. The van der Waals surface area contributed by atoms with Gasteiger partial charge in [-0.1, -0.05) is 12.1 Å². The van der Waals surface area contributed by atoms with Crippen LogP contribution in [0.4, 0.5) is 21.7 Å². The number of benzene rings is 2. The summed E-state index contributed by atoms with van der Waals surface area (Å²) in [6.45, 7) is 1.19. The summed E-state index contributed by atoms with van der Waals surface area (Å²) in [6.07, 6.45) is 3.27. The van der Waals surface area contributed by atoms with Crippen molar-refractivity contribution in [2.75, 3.05) is 19.0 Å². The predicted molar refractivity (Wildman–Crippen MR) is 116 cm³/mol. The first-order valence-electron chi connectivity index (χ1n) is 9.81. The number of nitrogens with one attached hydrogen (secondary N) is 1. The van der Waals surface area contributed by atoms with Crippen molar-refractivity contribution in [1.82, 2.24) is 14.5 Å². The fourth-order valence-electron chi connectivity index (χ4n) is 3.86. The van der Waals surface area contributed by atoms with E-state index in [0.29, 0.717) is 18.8 Å². The molecule has 10 nitrogen and oxygen atoms in total.